The number of hydrogen-bond acceptors (Lipinski definition) is 5. The van der Waals surface area contributed by atoms with E-state index in [4.69, 9.17) is 9.90 Å². The second-order valence-corrected chi connectivity index (χ2v) is 7.13. The predicted octanol–water partition coefficient (Wildman–Crippen LogP) is 1.56. The van der Waals surface area contributed by atoms with E-state index in [9.17, 15) is 27.9 Å². The minimum atomic E-state index is -5.08. The number of aliphatic carboxylic acids is 2. The Hall–Kier alpha value is -2.63. The maximum absolute atomic E-state index is 11.6. The van der Waals surface area contributed by atoms with Crippen molar-refractivity contribution in [3.63, 3.8) is 0 Å². The minimum absolute atomic E-state index is 0.127. The molecular weight excluding hydrogens is 397 g/mol. The Morgan fingerprint density at radius 2 is 1.93 bits per heavy atom. The first-order valence-corrected chi connectivity index (χ1v) is 8.87. The average Bonchev–Trinajstić information content (AvgIpc) is 3.23. The van der Waals surface area contributed by atoms with E-state index in [0.717, 1.165) is 6.42 Å². The van der Waals surface area contributed by atoms with Gasteiger partial charge in [0.05, 0.1) is 6.04 Å². The van der Waals surface area contributed by atoms with E-state index in [2.05, 4.69) is 29.6 Å². The molecule has 29 heavy (non-hydrogen) atoms. The molecule has 9 nitrogen and oxygen atoms in total. The molecule has 164 valence electrons. The van der Waals surface area contributed by atoms with Crippen molar-refractivity contribution >= 4 is 17.8 Å². The number of hydrogen-bond donors (Lipinski definition) is 4. The van der Waals surface area contributed by atoms with Crippen LogP contribution in [0.5, 0.6) is 0 Å². The number of nitrogens with one attached hydrogen (secondary N) is 2. The summed E-state index contributed by atoms with van der Waals surface area (Å²) in [7, 11) is 0. The predicted molar refractivity (Wildman–Crippen MR) is 94.7 cm³/mol. The van der Waals surface area contributed by atoms with Gasteiger partial charge in [-0.15, -0.1) is 0 Å². The smallest absolute Gasteiger partial charge is 0.480 e. The van der Waals surface area contributed by atoms with Crippen molar-refractivity contribution < 1.29 is 37.8 Å². The molecule has 3 atom stereocenters. The lowest BCUT2D eigenvalue weighted by molar-refractivity contribution is -0.192. The monoisotopic (exact) mass is 422 g/mol. The van der Waals surface area contributed by atoms with Crippen molar-refractivity contribution in [3.8, 4) is 0 Å². The number of rotatable bonds is 6. The summed E-state index contributed by atoms with van der Waals surface area (Å²) in [6.45, 7) is 5.64. The number of carbonyl (C=O) groups is 3. The first-order valence-electron chi connectivity index (χ1n) is 8.87. The normalized spacial score (nSPS) is 22.5. The van der Waals surface area contributed by atoms with Crippen LogP contribution in [0.25, 0.3) is 0 Å². The zero-order valence-corrected chi connectivity index (χ0v) is 16.2. The summed E-state index contributed by atoms with van der Waals surface area (Å²) >= 11 is 0. The number of aromatic nitrogens is 2. The van der Waals surface area contributed by atoms with Crippen LogP contribution in [0.3, 0.4) is 0 Å². The average molecular weight is 422 g/mol. The molecule has 1 amide bonds. The topological polar surface area (TPSA) is 134 Å². The summed E-state index contributed by atoms with van der Waals surface area (Å²) in [5.74, 6) is -3.40. The Bertz CT molecular complexity index is 708. The van der Waals surface area contributed by atoms with E-state index in [0.29, 0.717) is 18.8 Å². The van der Waals surface area contributed by atoms with E-state index in [1.54, 1.807) is 16.9 Å². The molecule has 1 aromatic rings. The lowest BCUT2D eigenvalue weighted by Gasteiger charge is -2.39. The van der Waals surface area contributed by atoms with E-state index >= 15 is 0 Å². The van der Waals surface area contributed by atoms with Gasteiger partial charge in [-0.2, -0.15) is 18.3 Å². The SMILES string of the molecule is CC(=O)N[C@@H](CC(C)C)[C@]1(n2cccn2)CC[C@H](C(=O)O)N1.O=C(O)C(F)(F)F. The Balaban J connectivity index is 0.000000516. The lowest BCUT2D eigenvalue weighted by Crippen LogP contribution is -2.61. The van der Waals surface area contributed by atoms with Crippen molar-refractivity contribution in [2.45, 2.75) is 64.0 Å². The highest BCUT2D eigenvalue weighted by Gasteiger charge is 2.49. The Morgan fingerprint density at radius 3 is 2.28 bits per heavy atom. The molecule has 0 aromatic carbocycles. The van der Waals surface area contributed by atoms with E-state index < -0.39 is 29.8 Å². The van der Waals surface area contributed by atoms with E-state index in [-0.39, 0.29) is 11.9 Å². The van der Waals surface area contributed by atoms with Crippen molar-refractivity contribution in [2.75, 3.05) is 0 Å². The van der Waals surface area contributed by atoms with Crippen LogP contribution in [-0.2, 0) is 20.0 Å². The molecule has 1 saturated heterocycles. The van der Waals surface area contributed by atoms with Gasteiger partial charge in [-0.05, 0) is 31.2 Å². The van der Waals surface area contributed by atoms with Crippen molar-refractivity contribution in [3.05, 3.63) is 18.5 Å². The number of carboxylic acids is 2. The molecule has 1 aliphatic heterocycles. The second-order valence-electron chi connectivity index (χ2n) is 7.13. The fourth-order valence-corrected chi connectivity index (χ4v) is 3.21. The van der Waals surface area contributed by atoms with Gasteiger partial charge >= 0.3 is 18.1 Å². The summed E-state index contributed by atoms with van der Waals surface area (Å²) in [4.78, 5) is 31.9. The minimum Gasteiger partial charge on any atom is -0.480 e. The Morgan fingerprint density at radius 1 is 1.34 bits per heavy atom. The molecule has 2 rings (SSSR count). The molecule has 2 heterocycles. The fraction of sp³-hybridized carbons (Fsp3) is 0.647. The molecule has 0 spiro atoms. The molecule has 1 fully saturated rings. The number of alkyl halides is 3. The quantitative estimate of drug-likeness (QED) is 0.547. The summed E-state index contributed by atoms with van der Waals surface area (Å²) in [6.07, 6.45) is 0.232. The van der Waals surface area contributed by atoms with Gasteiger partial charge < -0.3 is 15.5 Å². The van der Waals surface area contributed by atoms with Crippen LogP contribution in [-0.4, -0.2) is 56.1 Å². The first-order chi connectivity index (χ1) is 13.3. The highest BCUT2D eigenvalue weighted by atomic mass is 19.4. The largest absolute Gasteiger partial charge is 0.490 e. The molecule has 12 heteroatoms. The summed E-state index contributed by atoms with van der Waals surface area (Å²) < 4.78 is 33.5. The highest BCUT2D eigenvalue weighted by Crippen LogP contribution is 2.34. The van der Waals surface area contributed by atoms with Crippen LogP contribution in [0.15, 0.2) is 18.5 Å². The van der Waals surface area contributed by atoms with Gasteiger partial charge in [0.2, 0.25) is 5.91 Å². The Labute approximate surface area is 165 Å². The van der Waals surface area contributed by atoms with Gasteiger partial charge in [-0.25, -0.2) is 4.79 Å². The third-order valence-corrected chi connectivity index (χ3v) is 4.35. The molecule has 0 unspecified atom stereocenters. The molecule has 1 aliphatic rings. The van der Waals surface area contributed by atoms with Crippen LogP contribution in [0.4, 0.5) is 13.2 Å². The second kappa shape index (κ2) is 9.72. The van der Waals surface area contributed by atoms with Gasteiger partial charge in [0.1, 0.15) is 11.7 Å². The van der Waals surface area contributed by atoms with Gasteiger partial charge in [-0.3, -0.25) is 19.6 Å². The molecule has 1 aromatic heterocycles. The lowest BCUT2D eigenvalue weighted by atomic mass is 9.90. The third-order valence-electron chi connectivity index (χ3n) is 4.35. The molecule has 0 radical (unpaired) electrons. The van der Waals surface area contributed by atoms with E-state index in [1.807, 2.05) is 6.20 Å². The number of amides is 1. The van der Waals surface area contributed by atoms with Crippen LogP contribution in [0, 0.1) is 5.92 Å². The van der Waals surface area contributed by atoms with E-state index in [1.165, 1.54) is 6.92 Å². The Kier molecular flexibility index (Phi) is 8.18. The molecular formula is C17H25F3N4O5. The molecule has 0 saturated carbocycles. The maximum Gasteiger partial charge on any atom is 0.490 e. The number of carbonyl (C=O) groups excluding carboxylic acids is 1. The van der Waals surface area contributed by atoms with Crippen LogP contribution < -0.4 is 10.6 Å². The third kappa shape index (κ3) is 6.73. The zero-order valence-electron chi connectivity index (χ0n) is 16.2. The first kappa shape index (κ1) is 24.4. The van der Waals surface area contributed by atoms with Gasteiger partial charge in [0.25, 0.3) is 0 Å². The summed E-state index contributed by atoms with van der Waals surface area (Å²) in [5.41, 5.74) is -0.706. The summed E-state index contributed by atoms with van der Waals surface area (Å²) in [5, 5.41) is 26.9. The summed E-state index contributed by atoms with van der Waals surface area (Å²) in [6, 6.07) is 0.944. The zero-order chi connectivity index (χ0) is 22.4. The number of carboxylic acid groups (broad SMARTS) is 2. The maximum atomic E-state index is 11.6. The van der Waals surface area contributed by atoms with Gasteiger partial charge in [-0.1, -0.05) is 13.8 Å². The highest BCUT2D eigenvalue weighted by molar-refractivity contribution is 5.75. The van der Waals surface area contributed by atoms with Gasteiger partial charge in [0.15, 0.2) is 0 Å². The number of nitrogens with zero attached hydrogens (tertiary/aromatic N) is 2. The van der Waals surface area contributed by atoms with Crippen molar-refractivity contribution in [1.29, 1.82) is 0 Å². The standard InChI is InChI=1S/C15H24N4O3.C2HF3O2/c1-10(2)9-13(17-11(3)20)15(19-8-4-7-16-19)6-5-12(18-15)14(21)22;3-2(4,5)1(6)7/h4,7-8,10,12-13,18H,5-6,9H2,1-3H3,(H,17,20)(H,21,22);(H,6,7)/t12-,13+,15-;/m1./s1. The van der Waals surface area contributed by atoms with Crippen LogP contribution in [0.1, 0.15) is 40.0 Å². The van der Waals surface area contributed by atoms with Crippen LogP contribution in [0.2, 0.25) is 0 Å². The van der Waals surface area contributed by atoms with Gasteiger partial charge in [0, 0.05) is 19.3 Å². The molecule has 0 aliphatic carbocycles. The molecule has 0 bridgehead atoms. The van der Waals surface area contributed by atoms with Crippen LogP contribution >= 0.6 is 0 Å². The number of halogens is 3. The van der Waals surface area contributed by atoms with Crippen molar-refractivity contribution in [1.82, 2.24) is 20.4 Å². The fourth-order valence-electron chi connectivity index (χ4n) is 3.21. The molecule has 4 N–H and O–H groups in total. The van der Waals surface area contributed by atoms with Crippen molar-refractivity contribution in [2.24, 2.45) is 5.92 Å².